The van der Waals surface area contributed by atoms with Crippen molar-refractivity contribution >= 4 is 35.6 Å². The number of nitrogens with zero attached hydrogens (tertiary/aromatic N) is 2. The van der Waals surface area contributed by atoms with Crippen LogP contribution in [0.4, 0.5) is 0 Å². The van der Waals surface area contributed by atoms with Gasteiger partial charge in [0.15, 0.2) is 5.96 Å². The summed E-state index contributed by atoms with van der Waals surface area (Å²) < 4.78 is 0. The smallest absolute Gasteiger partial charge is 0.326 e. The van der Waals surface area contributed by atoms with Crippen LogP contribution in [0.2, 0.25) is 0 Å². The summed E-state index contributed by atoms with van der Waals surface area (Å²) in [6, 6.07) is 0.774. The summed E-state index contributed by atoms with van der Waals surface area (Å²) in [5.41, 5.74) is 17.6. The highest BCUT2D eigenvalue weighted by Gasteiger charge is 2.31. The minimum absolute atomic E-state index is 0.0104. The van der Waals surface area contributed by atoms with Gasteiger partial charge in [-0.25, -0.2) is 9.78 Å². The molecule has 0 fully saturated rings. The van der Waals surface area contributed by atoms with E-state index in [1.54, 1.807) is 12.1 Å². The molecule has 4 atom stereocenters. The van der Waals surface area contributed by atoms with Crippen LogP contribution in [0.15, 0.2) is 41.8 Å². The number of hydrogen-bond acceptors (Lipinski definition) is 9. The summed E-state index contributed by atoms with van der Waals surface area (Å²) in [5, 5.41) is 35.4. The van der Waals surface area contributed by atoms with E-state index in [0.29, 0.717) is 17.7 Å². The number of imidazole rings is 1. The number of amides is 3. The van der Waals surface area contributed by atoms with Crippen LogP contribution < -0.4 is 33.2 Å². The number of aliphatic imine (C=N–C) groups is 1. The molecule has 1 aromatic heterocycles. The standard InChI is InChI=1S/C26H37N9O8/c27-17(2-1-9-31-26(28)29)22(39)34-19(10-14-3-5-16(36)6-4-14)23(40)35-20(11-15-12-30-13-32-15)24(41)33-18(25(42)43)7-8-21(37)38/h3-6,12-13,17-20,36H,1-2,7-11,27H2,(H,30,32)(H,33,41)(H,34,39)(H,35,40)(H,37,38)(H,42,43)(H4,28,29,31). The predicted molar refractivity (Wildman–Crippen MR) is 152 cm³/mol. The van der Waals surface area contributed by atoms with Crippen LogP contribution in [0.25, 0.3) is 0 Å². The number of rotatable bonds is 18. The SMILES string of the molecule is NC(N)=NCCCC(N)C(=O)NC(Cc1ccc(O)cc1)C(=O)NC(Cc1cnc[nH]1)C(=O)NC(CCC(=O)O)C(=O)O. The number of aromatic amines is 1. The third-order valence-corrected chi connectivity index (χ3v) is 6.19. The zero-order chi connectivity index (χ0) is 31.9. The van der Waals surface area contributed by atoms with Crippen LogP contribution in [0.5, 0.6) is 5.75 Å². The number of benzene rings is 1. The number of aromatic nitrogens is 2. The molecule has 0 saturated carbocycles. The van der Waals surface area contributed by atoms with Gasteiger partial charge >= 0.3 is 11.9 Å². The first-order chi connectivity index (χ1) is 20.3. The Morgan fingerprint density at radius 3 is 2.05 bits per heavy atom. The topological polar surface area (TPSA) is 301 Å². The second-order valence-electron chi connectivity index (χ2n) is 9.66. The van der Waals surface area contributed by atoms with E-state index in [0.717, 1.165) is 0 Å². The average molecular weight is 604 g/mol. The van der Waals surface area contributed by atoms with Gasteiger partial charge in [-0.15, -0.1) is 0 Å². The summed E-state index contributed by atoms with van der Waals surface area (Å²) in [7, 11) is 0. The summed E-state index contributed by atoms with van der Waals surface area (Å²) in [4.78, 5) is 72.7. The summed E-state index contributed by atoms with van der Waals surface area (Å²) in [6.07, 6.45) is 2.27. The molecule has 2 rings (SSSR count). The van der Waals surface area contributed by atoms with Crippen LogP contribution >= 0.6 is 0 Å². The number of aromatic hydroxyl groups is 1. The molecular weight excluding hydrogens is 566 g/mol. The van der Waals surface area contributed by atoms with Gasteiger partial charge in [0.25, 0.3) is 0 Å². The van der Waals surface area contributed by atoms with Crippen molar-refractivity contribution in [3.05, 3.63) is 48.0 Å². The lowest BCUT2D eigenvalue weighted by Crippen LogP contribution is -2.58. The minimum atomic E-state index is -1.53. The molecule has 0 spiro atoms. The maximum atomic E-state index is 13.5. The average Bonchev–Trinajstić information content (AvgIpc) is 3.46. The van der Waals surface area contributed by atoms with Gasteiger partial charge in [-0.3, -0.25) is 24.2 Å². The van der Waals surface area contributed by atoms with E-state index >= 15 is 0 Å². The van der Waals surface area contributed by atoms with Crippen molar-refractivity contribution < 1.29 is 39.3 Å². The summed E-state index contributed by atoms with van der Waals surface area (Å²) in [6.45, 7) is 0.245. The zero-order valence-corrected chi connectivity index (χ0v) is 23.2. The van der Waals surface area contributed by atoms with Crippen molar-refractivity contribution in [1.29, 1.82) is 0 Å². The number of hydrogen-bond donors (Lipinski definition) is 10. The Kier molecular flexibility index (Phi) is 13.4. The number of nitrogens with two attached hydrogens (primary N) is 3. The van der Waals surface area contributed by atoms with Crippen LogP contribution in [0.3, 0.4) is 0 Å². The third kappa shape index (κ3) is 12.5. The molecule has 17 nitrogen and oxygen atoms in total. The Balaban J connectivity index is 2.24. The molecule has 2 aromatic rings. The molecule has 0 bridgehead atoms. The van der Waals surface area contributed by atoms with E-state index in [9.17, 15) is 34.2 Å². The Bertz CT molecular complexity index is 1260. The molecule has 43 heavy (non-hydrogen) atoms. The van der Waals surface area contributed by atoms with E-state index in [1.165, 1.54) is 24.7 Å². The quantitative estimate of drug-likeness (QED) is 0.0488. The number of aliphatic carboxylic acids is 2. The van der Waals surface area contributed by atoms with Gasteiger partial charge < -0.3 is 53.5 Å². The second kappa shape index (κ2) is 16.9. The molecule has 3 amide bonds. The lowest BCUT2D eigenvalue weighted by Gasteiger charge is -2.25. The number of carbonyl (C=O) groups is 5. The zero-order valence-electron chi connectivity index (χ0n) is 23.2. The molecule has 0 aliphatic carbocycles. The van der Waals surface area contributed by atoms with E-state index in [-0.39, 0.29) is 43.9 Å². The monoisotopic (exact) mass is 603 g/mol. The molecule has 0 radical (unpaired) electrons. The fourth-order valence-electron chi connectivity index (χ4n) is 3.90. The largest absolute Gasteiger partial charge is 0.508 e. The Labute approximate surface area is 246 Å². The predicted octanol–water partition coefficient (Wildman–Crippen LogP) is -2.31. The van der Waals surface area contributed by atoms with Gasteiger partial charge in [-0.05, 0) is 37.0 Å². The van der Waals surface area contributed by atoms with Crippen molar-refractivity contribution in [1.82, 2.24) is 25.9 Å². The van der Waals surface area contributed by atoms with Crippen LogP contribution in [-0.2, 0) is 36.8 Å². The minimum Gasteiger partial charge on any atom is -0.508 e. The first-order valence-electron chi connectivity index (χ1n) is 13.3. The van der Waals surface area contributed by atoms with Crippen LogP contribution in [0.1, 0.15) is 36.9 Å². The number of carboxylic acids is 2. The molecule has 234 valence electrons. The van der Waals surface area contributed by atoms with E-state index < -0.39 is 60.2 Å². The highest BCUT2D eigenvalue weighted by atomic mass is 16.4. The fourth-order valence-corrected chi connectivity index (χ4v) is 3.90. The number of carbonyl (C=O) groups excluding carboxylic acids is 3. The van der Waals surface area contributed by atoms with Gasteiger partial charge in [0.05, 0.1) is 12.4 Å². The highest BCUT2D eigenvalue weighted by Crippen LogP contribution is 2.12. The normalized spacial score (nSPS) is 13.5. The maximum Gasteiger partial charge on any atom is 0.326 e. The van der Waals surface area contributed by atoms with Crippen molar-refractivity contribution in [2.75, 3.05) is 6.54 Å². The van der Waals surface area contributed by atoms with E-state index in [4.69, 9.17) is 22.3 Å². The van der Waals surface area contributed by atoms with E-state index in [2.05, 4.69) is 30.9 Å². The lowest BCUT2D eigenvalue weighted by molar-refractivity contribution is -0.143. The number of H-pyrrole nitrogens is 1. The summed E-state index contributed by atoms with van der Waals surface area (Å²) >= 11 is 0. The van der Waals surface area contributed by atoms with E-state index in [1.807, 2.05) is 0 Å². The molecule has 0 saturated heterocycles. The van der Waals surface area contributed by atoms with Crippen molar-refractivity contribution in [3.8, 4) is 5.75 Å². The summed E-state index contributed by atoms with van der Waals surface area (Å²) in [5.74, 6) is -5.15. The Hall–Kier alpha value is -5.19. The molecule has 1 aromatic carbocycles. The number of phenols is 1. The molecule has 0 aliphatic heterocycles. The van der Waals surface area contributed by atoms with Crippen molar-refractivity contribution in [3.63, 3.8) is 0 Å². The Morgan fingerprint density at radius 2 is 1.49 bits per heavy atom. The van der Waals surface area contributed by atoms with Crippen molar-refractivity contribution in [2.45, 2.75) is 62.7 Å². The number of carboxylic acid groups (broad SMARTS) is 2. The van der Waals surface area contributed by atoms with Crippen molar-refractivity contribution in [2.24, 2.45) is 22.2 Å². The highest BCUT2D eigenvalue weighted by molar-refractivity contribution is 5.94. The molecule has 4 unspecified atom stereocenters. The van der Waals surface area contributed by atoms with Gasteiger partial charge in [0, 0.05) is 37.7 Å². The number of guanidine groups is 1. The maximum absolute atomic E-state index is 13.5. The molecule has 1 heterocycles. The third-order valence-electron chi connectivity index (χ3n) is 6.19. The second-order valence-corrected chi connectivity index (χ2v) is 9.66. The van der Waals surface area contributed by atoms with Gasteiger partial charge in [0.2, 0.25) is 17.7 Å². The van der Waals surface area contributed by atoms with Crippen LogP contribution in [-0.4, -0.2) is 91.6 Å². The molecule has 0 aliphatic rings. The van der Waals surface area contributed by atoms with Gasteiger partial charge in [-0.1, -0.05) is 12.1 Å². The first kappa shape index (κ1) is 34.0. The molecule has 17 heteroatoms. The van der Waals surface area contributed by atoms with Gasteiger partial charge in [0.1, 0.15) is 23.9 Å². The Morgan fingerprint density at radius 1 is 0.884 bits per heavy atom. The van der Waals surface area contributed by atoms with Gasteiger partial charge in [-0.2, -0.15) is 0 Å². The lowest BCUT2D eigenvalue weighted by atomic mass is 10.0. The number of phenolic OH excluding ortho intramolecular Hbond substituents is 1. The molecular formula is C26H37N9O8. The fraction of sp³-hybridized carbons (Fsp3) is 0.423. The van der Waals surface area contributed by atoms with Crippen LogP contribution in [0, 0.1) is 0 Å². The first-order valence-corrected chi connectivity index (χ1v) is 13.3. The molecule has 13 N–H and O–H groups in total. The number of nitrogens with one attached hydrogen (secondary N) is 4.